The maximum atomic E-state index is 14.5. The van der Waals surface area contributed by atoms with E-state index in [2.05, 4.69) is 5.32 Å². The highest BCUT2D eigenvalue weighted by atomic mass is 35.5. The van der Waals surface area contributed by atoms with E-state index < -0.39 is 40.9 Å². The number of carbonyl (C=O) groups excluding carboxylic acids is 1. The van der Waals surface area contributed by atoms with Crippen LogP contribution >= 0.6 is 23.2 Å². The second-order valence-corrected chi connectivity index (χ2v) is 10.3. The Morgan fingerprint density at radius 1 is 1.06 bits per heavy atom. The SMILES string of the molecule is COc1ccc([C@@H](C)NC(=O)CN(Cc2c(F)cccc2Cl)S(=O)(=O)c2ccc(Cl)cc2)cc1. The molecule has 0 bridgehead atoms. The van der Waals surface area contributed by atoms with Gasteiger partial charge in [0.05, 0.1) is 24.6 Å². The first-order valence-electron chi connectivity index (χ1n) is 10.2. The van der Waals surface area contributed by atoms with Gasteiger partial charge in [0.2, 0.25) is 15.9 Å². The molecule has 0 aromatic heterocycles. The Morgan fingerprint density at radius 2 is 1.71 bits per heavy atom. The van der Waals surface area contributed by atoms with Crippen LogP contribution in [0.4, 0.5) is 4.39 Å². The Labute approximate surface area is 208 Å². The van der Waals surface area contributed by atoms with Crippen LogP contribution in [-0.4, -0.2) is 32.3 Å². The van der Waals surface area contributed by atoms with Crippen molar-refractivity contribution in [2.45, 2.75) is 24.4 Å². The van der Waals surface area contributed by atoms with E-state index in [4.69, 9.17) is 27.9 Å². The first kappa shape index (κ1) is 26.0. The number of ether oxygens (including phenoxy) is 1. The molecule has 1 atom stereocenters. The highest BCUT2D eigenvalue weighted by molar-refractivity contribution is 7.89. The van der Waals surface area contributed by atoms with Crippen molar-refractivity contribution in [3.8, 4) is 5.75 Å². The lowest BCUT2D eigenvalue weighted by molar-refractivity contribution is -0.122. The summed E-state index contributed by atoms with van der Waals surface area (Å²) in [4.78, 5) is 12.8. The number of benzene rings is 3. The Bertz CT molecular complexity index is 1230. The number of methoxy groups -OCH3 is 1. The fourth-order valence-electron chi connectivity index (χ4n) is 3.26. The number of hydrogen-bond donors (Lipinski definition) is 1. The van der Waals surface area contributed by atoms with Gasteiger partial charge in [0.25, 0.3) is 0 Å². The lowest BCUT2D eigenvalue weighted by Crippen LogP contribution is -2.41. The summed E-state index contributed by atoms with van der Waals surface area (Å²) < 4.78 is 47.2. The molecule has 0 spiro atoms. The van der Waals surface area contributed by atoms with Crippen molar-refractivity contribution in [1.29, 1.82) is 0 Å². The molecule has 1 amide bonds. The van der Waals surface area contributed by atoms with Crippen LogP contribution in [0.5, 0.6) is 5.75 Å². The zero-order valence-corrected chi connectivity index (χ0v) is 20.8. The minimum Gasteiger partial charge on any atom is -0.497 e. The molecule has 0 aliphatic rings. The lowest BCUT2D eigenvalue weighted by atomic mass is 10.1. The Morgan fingerprint density at radius 3 is 2.29 bits per heavy atom. The summed E-state index contributed by atoms with van der Waals surface area (Å²) in [6.45, 7) is 0.794. The van der Waals surface area contributed by atoms with Crippen LogP contribution in [0.15, 0.2) is 71.6 Å². The molecule has 6 nitrogen and oxygen atoms in total. The average molecular weight is 525 g/mol. The zero-order valence-electron chi connectivity index (χ0n) is 18.5. The van der Waals surface area contributed by atoms with Crippen LogP contribution in [0, 0.1) is 5.82 Å². The van der Waals surface area contributed by atoms with Crippen LogP contribution in [0.1, 0.15) is 24.1 Å². The van der Waals surface area contributed by atoms with Crippen LogP contribution in [0.25, 0.3) is 0 Å². The van der Waals surface area contributed by atoms with Gasteiger partial charge < -0.3 is 10.1 Å². The van der Waals surface area contributed by atoms with Crippen molar-refractivity contribution in [3.05, 3.63) is 93.7 Å². The maximum Gasteiger partial charge on any atom is 0.243 e. The first-order chi connectivity index (χ1) is 16.1. The molecule has 3 rings (SSSR count). The summed E-state index contributed by atoms with van der Waals surface area (Å²) >= 11 is 12.0. The molecule has 0 aliphatic carbocycles. The number of nitrogens with one attached hydrogen (secondary N) is 1. The van der Waals surface area contributed by atoms with Gasteiger partial charge in [-0.3, -0.25) is 4.79 Å². The average Bonchev–Trinajstić information content (AvgIpc) is 2.81. The smallest absolute Gasteiger partial charge is 0.243 e. The van der Waals surface area contributed by atoms with Gasteiger partial charge >= 0.3 is 0 Å². The first-order valence-corrected chi connectivity index (χ1v) is 12.4. The third-order valence-corrected chi connectivity index (χ3v) is 7.57. The minimum absolute atomic E-state index is 0.0299. The molecule has 0 aliphatic heterocycles. The summed E-state index contributed by atoms with van der Waals surface area (Å²) in [5, 5.41) is 3.19. The number of sulfonamides is 1. The number of rotatable bonds is 9. The highest BCUT2D eigenvalue weighted by Crippen LogP contribution is 2.25. The summed E-state index contributed by atoms with van der Waals surface area (Å²) in [5.74, 6) is -0.562. The quantitative estimate of drug-likeness (QED) is 0.416. The van der Waals surface area contributed by atoms with Crippen LogP contribution in [0.3, 0.4) is 0 Å². The second kappa shape index (κ2) is 11.2. The molecule has 180 valence electrons. The molecule has 0 radical (unpaired) electrons. The maximum absolute atomic E-state index is 14.5. The summed E-state index contributed by atoms with van der Waals surface area (Å²) in [6.07, 6.45) is 0. The van der Waals surface area contributed by atoms with Crippen molar-refractivity contribution < 1.29 is 22.3 Å². The van der Waals surface area contributed by atoms with E-state index in [0.29, 0.717) is 10.8 Å². The van der Waals surface area contributed by atoms with Gasteiger partial charge in [-0.2, -0.15) is 4.31 Å². The monoisotopic (exact) mass is 524 g/mol. The van der Waals surface area contributed by atoms with Crippen molar-refractivity contribution in [2.24, 2.45) is 0 Å². The van der Waals surface area contributed by atoms with Crippen molar-refractivity contribution in [1.82, 2.24) is 9.62 Å². The lowest BCUT2D eigenvalue weighted by Gasteiger charge is -2.24. The standard InChI is InChI=1S/C24H23Cl2FN2O4S/c1-16(17-6-10-19(33-2)11-7-17)28-24(30)15-29(14-21-22(26)4-3-5-23(21)27)34(31,32)20-12-8-18(25)9-13-20/h3-13,16H,14-15H2,1-2H3,(H,28,30)/t16-/m1/s1. The van der Waals surface area contributed by atoms with Crippen molar-refractivity contribution >= 4 is 39.1 Å². The largest absolute Gasteiger partial charge is 0.497 e. The summed E-state index contributed by atoms with van der Waals surface area (Å²) in [5.41, 5.74) is 0.774. The van der Waals surface area contributed by atoms with E-state index in [9.17, 15) is 17.6 Å². The predicted octanol–water partition coefficient (Wildman–Crippen LogP) is 5.21. The Balaban J connectivity index is 1.86. The van der Waals surface area contributed by atoms with Gasteiger partial charge in [-0.15, -0.1) is 0 Å². The molecule has 0 fully saturated rings. The third kappa shape index (κ3) is 6.27. The fourth-order valence-corrected chi connectivity index (χ4v) is 4.98. The highest BCUT2D eigenvalue weighted by Gasteiger charge is 2.29. The van der Waals surface area contributed by atoms with Crippen molar-refractivity contribution in [2.75, 3.05) is 13.7 Å². The number of nitrogens with zero attached hydrogens (tertiary/aromatic N) is 1. The Kier molecular flexibility index (Phi) is 8.54. The number of halogens is 3. The van der Waals surface area contributed by atoms with E-state index in [1.165, 1.54) is 42.5 Å². The molecule has 0 unspecified atom stereocenters. The zero-order chi connectivity index (χ0) is 24.9. The van der Waals surface area contributed by atoms with E-state index in [1.54, 1.807) is 38.3 Å². The minimum atomic E-state index is -4.18. The fraction of sp³-hybridized carbons (Fsp3) is 0.208. The van der Waals surface area contributed by atoms with E-state index in [1.807, 2.05) is 0 Å². The van der Waals surface area contributed by atoms with E-state index in [-0.39, 0.29) is 15.5 Å². The third-order valence-electron chi connectivity index (χ3n) is 5.16. The van der Waals surface area contributed by atoms with Gasteiger partial charge in [0, 0.05) is 22.2 Å². The summed E-state index contributed by atoms with van der Waals surface area (Å²) in [6, 6.07) is 16.3. The van der Waals surface area contributed by atoms with E-state index in [0.717, 1.165) is 9.87 Å². The molecule has 10 heteroatoms. The van der Waals surface area contributed by atoms with Gasteiger partial charge in [-0.05, 0) is 61.0 Å². The molecule has 3 aromatic carbocycles. The number of hydrogen-bond acceptors (Lipinski definition) is 4. The summed E-state index contributed by atoms with van der Waals surface area (Å²) in [7, 11) is -2.63. The van der Waals surface area contributed by atoms with Gasteiger partial charge in [0.1, 0.15) is 11.6 Å². The van der Waals surface area contributed by atoms with Crippen LogP contribution in [-0.2, 0) is 21.4 Å². The van der Waals surface area contributed by atoms with Crippen LogP contribution in [0.2, 0.25) is 10.0 Å². The number of carbonyl (C=O) groups is 1. The molecule has 1 N–H and O–H groups in total. The molecular formula is C24H23Cl2FN2O4S. The topological polar surface area (TPSA) is 75.7 Å². The van der Waals surface area contributed by atoms with Gasteiger partial charge in [0.15, 0.2) is 0 Å². The Hall–Kier alpha value is -2.65. The molecule has 0 saturated carbocycles. The van der Waals surface area contributed by atoms with E-state index >= 15 is 0 Å². The normalized spacial score (nSPS) is 12.4. The second-order valence-electron chi connectivity index (χ2n) is 7.49. The molecule has 3 aromatic rings. The van der Waals surface area contributed by atoms with Gasteiger partial charge in [-0.25, -0.2) is 12.8 Å². The molecular weight excluding hydrogens is 502 g/mol. The van der Waals surface area contributed by atoms with Gasteiger partial charge in [-0.1, -0.05) is 41.4 Å². The predicted molar refractivity (Wildman–Crippen MR) is 130 cm³/mol. The molecule has 34 heavy (non-hydrogen) atoms. The molecule has 0 saturated heterocycles. The molecule has 0 heterocycles. The number of amides is 1. The van der Waals surface area contributed by atoms with Crippen molar-refractivity contribution in [3.63, 3.8) is 0 Å². The van der Waals surface area contributed by atoms with Crippen LogP contribution < -0.4 is 10.1 Å².